The molecule has 0 saturated heterocycles. The van der Waals surface area contributed by atoms with Crippen molar-refractivity contribution in [1.29, 1.82) is 0 Å². The summed E-state index contributed by atoms with van der Waals surface area (Å²) in [4.78, 5) is 12.3. The zero-order valence-electron chi connectivity index (χ0n) is 9.41. The maximum Gasteiger partial charge on any atom is 0.357 e. The van der Waals surface area contributed by atoms with Crippen LogP contribution in [-0.2, 0) is 6.54 Å². The van der Waals surface area contributed by atoms with Crippen molar-refractivity contribution in [2.24, 2.45) is 0 Å². The zero-order chi connectivity index (χ0) is 12.5. The summed E-state index contributed by atoms with van der Waals surface area (Å²) in [7, 11) is 0. The van der Waals surface area contributed by atoms with Crippen molar-refractivity contribution in [2.45, 2.75) is 6.54 Å². The average Bonchev–Trinajstić information content (AvgIpc) is 2.98. The summed E-state index contributed by atoms with van der Waals surface area (Å²) < 4.78 is 1.74. The van der Waals surface area contributed by atoms with E-state index in [9.17, 15) is 4.79 Å². The van der Waals surface area contributed by atoms with Crippen LogP contribution in [-0.4, -0.2) is 20.9 Å². The van der Waals surface area contributed by atoms with Crippen molar-refractivity contribution >= 4 is 28.2 Å². The van der Waals surface area contributed by atoms with Crippen LogP contribution in [0.2, 0.25) is 0 Å². The highest BCUT2D eigenvalue weighted by Gasteiger charge is 2.15. The molecule has 90 valence electrons. The second-order valence-electron chi connectivity index (χ2n) is 3.91. The minimum atomic E-state index is -0.990. The molecular weight excluding hydrogens is 248 g/mol. The summed E-state index contributed by atoms with van der Waals surface area (Å²) in [6.45, 7) is 0.603. The molecule has 0 spiro atoms. The molecule has 1 N–H and O–H groups in total. The number of aromatic nitrogens is 2. The Balaban J connectivity index is 2.14. The van der Waals surface area contributed by atoms with E-state index in [0.29, 0.717) is 11.9 Å². The van der Waals surface area contributed by atoms with Gasteiger partial charge in [-0.3, -0.25) is 4.68 Å². The molecule has 1 aromatic carbocycles. The van der Waals surface area contributed by atoms with Crippen LogP contribution in [0.3, 0.4) is 0 Å². The lowest BCUT2D eigenvalue weighted by atomic mass is 10.2. The average molecular weight is 258 g/mol. The number of carbonyl (C=O) groups is 1. The first kappa shape index (κ1) is 11.0. The summed E-state index contributed by atoms with van der Waals surface area (Å²) in [5.41, 5.74) is 0.963. The number of aromatic carboxylic acids is 1. The first-order valence-electron chi connectivity index (χ1n) is 5.47. The molecule has 2 aromatic heterocycles. The number of nitrogens with zero attached hydrogens (tertiary/aromatic N) is 2. The van der Waals surface area contributed by atoms with E-state index >= 15 is 0 Å². The lowest BCUT2D eigenvalue weighted by molar-refractivity contribution is 0.0691. The van der Waals surface area contributed by atoms with E-state index < -0.39 is 5.97 Å². The fraction of sp³-hybridized carbons (Fsp3) is 0.0769. The number of hydrogen-bond acceptors (Lipinski definition) is 3. The molecular formula is C13H10N2O2S. The molecule has 0 aliphatic rings. The van der Waals surface area contributed by atoms with Gasteiger partial charge in [0.2, 0.25) is 0 Å². The predicted octanol–water partition coefficient (Wildman–Crippen LogP) is 2.84. The Hall–Kier alpha value is -2.14. The fourth-order valence-corrected chi connectivity index (χ4v) is 2.64. The van der Waals surface area contributed by atoms with Crippen LogP contribution in [0, 0.1) is 0 Å². The Morgan fingerprint density at radius 3 is 2.83 bits per heavy atom. The Labute approximate surface area is 107 Å². The molecule has 0 bridgehead atoms. The van der Waals surface area contributed by atoms with Crippen LogP contribution < -0.4 is 0 Å². The van der Waals surface area contributed by atoms with Gasteiger partial charge in [-0.15, -0.1) is 11.3 Å². The van der Waals surface area contributed by atoms with E-state index in [1.54, 1.807) is 22.1 Å². The summed E-state index contributed by atoms with van der Waals surface area (Å²) >= 11 is 1.64. The molecule has 0 fully saturated rings. The lowest BCUT2D eigenvalue weighted by Crippen LogP contribution is -2.03. The molecule has 3 rings (SSSR count). The highest BCUT2D eigenvalue weighted by atomic mass is 32.1. The second kappa shape index (κ2) is 4.27. The number of rotatable bonds is 3. The van der Waals surface area contributed by atoms with Gasteiger partial charge in [0.25, 0.3) is 0 Å². The molecule has 5 heteroatoms. The number of carboxylic acid groups (broad SMARTS) is 1. The van der Waals surface area contributed by atoms with Gasteiger partial charge >= 0.3 is 5.97 Å². The largest absolute Gasteiger partial charge is 0.476 e. The summed E-state index contributed by atoms with van der Waals surface area (Å²) in [6, 6.07) is 11.4. The number of para-hydroxylation sites is 1. The third kappa shape index (κ3) is 1.78. The van der Waals surface area contributed by atoms with Gasteiger partial charge in [0.05, 0.1) is 12.1 Å². The number of benzene rings is 1. The molecule has 0 atom stereocenters. The van der Waals surface area contributed by atoms with Crippen molar-refractivity contribution in [3.05, 3.63) is 52.3 Å². The number of thiophene rings is 1. The van der Waals surface area contributed by atoms with Gasteiger partial charge < -0.3 is 5.11 Å². The molecule has 4 nitrogen and oxygen atoms in total. The first-order valence-corrected chi connectivity index (χ1v) is 6.35. The number of hydrogen-bond donors (Lipinski definition) is 1. The molecule has 0 aliphatic heterocycles. The van der Waals surface area contributed by atoms with Crippen molar-refractivity contribution in [3.8, 4) is 0 Å². The van der Waals surface area contributed by atoms with Gasteiger partial charge in [-0.25, -0.2) is 4.79 Å². The second-order valence-corrected chi connectivity index (χ2v) is 4.94. The fourth-order valence-electron chi connectivity index (χ4n) is 1.96. The van der Waals surface area contributed by atoms with E-state index in [2.05, 4.69) is 5.10 Å². The molecule has 0 unspecified atom stereocenters. The smallest absolute Gasteiger partial charge is 0.357 e. The van der Waals surface area contributed by atoms with Gasteiger partial charge in [-0.2, -0.15) is 5.10 Å². The molecule has 0 radical (unpaired) electrons. The Morgan fingerprint density at radius 2 is 2.11 bits per heavy atom. The highest BCUT2D eigenvalue weighted by Crippen LogP contribution is 2.20. The highest BCUT2D eigenvalue weighted by molar-refractivity contribution is 7.09. The monoisotopic (exact) mass is 258 g/mol. The van der Waals surface area contributed by atoms with E-state index in [1.165, 1.54) is 0 Å². The van der Waals surface area contributed by atoms with Gasteiger partial charge in [0, 0.05) is 10.3 Å². The first-order chi connectivity index (χ1) is 8.75. The van der Waals surface area contributed by atoms with Crippen LogP contribution in [0.4, 0.5) is 0 Å². The molecule has 0 saturated carbocycles. The number of fused-ring (bicyclic) bond motifs is 1. The zero-order valence-corrected chi connectivity index (χ0v) is 10.2. The van der Waals surface area contributed by atoms with Gasteiger partial charge in [-0.05, 0) is 17.5 Å². The van der Waals surface area contributed by atoms with Crippen LogP contribution in [0.5, 0.6) is 0 Å². The standard InChI is InChI=1S/C13H10N2O2S/c16-13(17)12-10-5-1-2-6-11(10)15(14-12)8-9-4-3-7-18-9/h1-7H,8H2,(H,16,17). The maximum atomic E-state index is 11.2. The molecule has 18 heavy (non-hydrogen) atoms. The van der Waals surface area contributed by atoms with Crippen LogP contribution in [0.1, 0.15) is 15.4 Å². The Morgan fingerprint density at radius 1 is 1.28 bits per heavy atom. The molecule has 2 heterocycles. The SMILES string of the molecule is O=C(O)c1nn(Cc2cccs2)c2ccccc12. The third-order valence-electron chi connectivity index (χ3n) is 2.75. The normalized spacial score (nSPS) is 10.9. The van der Waals surface area contributed by atoms with E-state index in [4.69, 9.17) is 5.11 Å². The van der Waals surface area contributed by atoms with Crippen molar-refractivity contribution < 1.29 is 9.90 Å². The van der Waals surface area contributed by atoms with Gasteiger partial charge in [0.1, 0.15) is 0 Å². The van der Waals surface area contributed by atoms with Crippen LogP contribution in [0.25, 0.3) is 10.9 Å². The Bertz CT molecular complexity index is 701. The Kier molecular flexibility index (Phi) is 2.60. The number of carboxylic acids is 1. The summed E-state index contributed by atoms with van der Waals surface area (Å²) in [6.07, 6.45) is 0. The molecule has 3 aromatic rings. The van der Waals surface area contributed by atoms with Crippen LogP contribution >= 0.6 is 11.3 Å². The van der Waals surface area contributed by atoms with E-state index in [1.807, 2.05) is 35.7 Å². The topological polar surface area (TPSA) is 55.1 Å². The summed E-state index contributed by atoms with van der Waals surface area (Å²) in [5, 5.41) is 16.0. The third-order valence-corrected chi connectivity index (χ3v) is 3.61. The predicted molar refractivity (Wildman–Crippen MR) is 70.1 cm³/mol. The van der Waals surface area contributed by atoms with Crippen molar-refractivity contribution in [1.82, 2.24) is 9.78 Å². The minimum absolute atomic E-state index is 0.113. The van der Waals surface area contributed by atoms with E-state index in [-0.39, 0.29) is 5.69 Å². The quantitative estimate of drug-likeness (QED) is 0.786. The molecule has 0 amide bonds. The van der Waals surface area contributed by atoms with E-state index in [0.717, 1.165) is 10.4 Å². The lowest BCUT2D eigenvalue weighted by Gasteiger charge is -2.00. The van der Waals surface area contributed by atoms with Crippen molar-refractivity contribution in [3.63, 3.8) is 0 Å². The van der Waals surface area contributed by atoms with Gasteiger partial charge in [0.15, 0.2) is 5.69 Å². The summed E-state index contributed by atoms with van der Waals surface area (Å²) in [5.74, 6) is -0.990. The van der Waals surface area contributed by atoms with Gasteiger partial charge in [-0.1, -0.05) is 24.3 Å². The molecule has 0 aliphatic carbocycles. The van der Waals surface area contributed by atoms with Crippen molar-refractivity contribution in [2.75, 3.05) is 0 Å². The van der Waals surface area contributed by atoms with Crippen LogP contribution in [0.15, 0.2) is 41.8 Å². The maximum absolute atomic E-state index is 11.2. The minimum Gasteiger partial charge on any atom is -0.476 e.